The third-order valence-corrected chi connectivity index (χ3v) is 4.02. The topological polar surface area (TPSA) is 66.5 Å². The molecule has 1 N–H and O–H groups in total. The van der Waals surface area contributed by atoms with E-state index in [1.807, 2.05) is 41.8 Å². The fourth-order valence-electron chi connectivity index (χ4n) is 2.12. The molecule has 1 aliphatic heterocycles. The van der Waals surface area contributed by atoms with E-state index in [2.05, 4.69) is 5.32 Å². The van der Waals surface area contributed by atoms with Gasteiger partial charge in [-0.3, -0.25) is 19.8 Å². The summed E-state index contributed by atoms with van der Waals surface area (Å²) in [6, 6.07) is 12.1. The molecule has 1 aliphatic rings. The van der Waals surface area contributed by atoms with E-state index in [4.69, 9.17) is 0 Å². The highest BCUT2D eigenvalue weighted by atomic mass is 32.1. The molecule has 0 unspecified atom stereocenters. The fraction of sp³-hybridized carbons (Fsp3) is 0.0625. The highest BCUT2D eigenvalue weighted by molar-refractivity contribution is 7.10. The summed E-state index contributed by atoms with van der Waals surface area (Å²) >= 11 is 1.41. The van der Waals surface area contributed by atoms with Gasteiger partial charge in [-0.25, -0.2) is 4.79 Å². The van der Waals surface area contributed by atoms with Crippen LogP contribution in [0.5, 0.6) is 0 Å². The van der Waals surface area contributed by atoms with Crippen molar-refractivity contribution in [2.75, 3.05) is 0 Å². The first kappa shape index (κ1) is 14.2. The lowest BCUT2D eigenvalue weighted by molar-refractivity contribution is -0.130. The molecule has 0 aliphatic carbocycles. The third-order valence-electron chi connectivity index (χ3n) is 3.20. The van der Waals surface area contributed by atoms with Crippen molar-refractivity contribution in [1.82, 2.24) is 10.2 Å². The minimum atomic E-state index is -0.692. The minimum Gasteiger partial charge on any atom is -0.273 e. The summed E-state index contributed by atoms with van der Waals surface area (Å²) in [5.74, 6) is -1.24. The van der Waals surface area contributed by atoms with E-state index < -0.39 is 17.8 Å². The van der Waals surface area contributed by atoms with Gasteiger partial charge in [-0.15, -0.1) is 11.3 Å². The van der Waals surface area contributed by atoms with E-state index in [-0.39, 0.29) is 12.1 Å². The molecule has 1 saturated heterocycles. The van der Waals surface area contributed by atoms with Crippen molar-refractivity contribution < 1.29 is 14.4 Å². The molecule has 0 spiro atoms. The predicted molar refractivity (Wildman–Crippen MR) is 82.8 cm³/mol. The molecular weight excluding hydrogens is 300 g/mol. The van der Waals surface area contributed by atoms with Gasteiger partial charge in [0, 0.05) is 4.88 Å². The molecule has 0 saturated carbocycles. The number of carbonyl (C=O) groups excluding carboxylic acids is 3. The smallest absolute Gasteiger partial charge is 0.273 e. The molecule has 22 heavy (non-hydrogen) atoms. The number of urea groups is 1. The number of benzene rings is 1. The number of hydrogen-bond acceptors (Lipinski definition) is 4. The molecule has 2 aromatic rings. The Balaban J connectivity index is 1.89. The second kappa shape index (κ2) is 5.95. The molecule has 1 fully saturated rings. The van der Waals surface area contributed by atoms with E-state index in [0.717, 1.165) is 15.3 Å². The predicted octanol–water partition coefficient (Wildman–Crippen LogP) is 2.41. The summed E-state index contributed by atoms with van der Waals surface area (Å²) in [6.07, 6.45) is 1.51. The van der Waals surface area contributed by atoms with E-state index in [0.29, 0.717) is 0 Å². The first-order valence-electron chi connectivity index (χ1n) is 6.61. The summed E-state index contributed by atoms with van der Waals surface area (Å²) in [4.78, 5) is 38.1. The molecule has 1 aromatic carbocycles. The quantitative estimate of drug-likeness (QED) is 0.699. The van der Waals surface area contributed by atoms with Crippen molar-refractivity contribution in [3.05, 3.63) is 63.9 Å². The number of nitrogens with one attached hydrogen (secondary N) is 1. The molecule has 0 atom stereocenters. The van der Waals surface area contributed by atoms with Gasteiger partial charge in [0.05, 0.1) is 6.54 Å². The average Bonchev–Trinajstić information content (AvgIpc) is 3.02. The maximum atomic E-state index is 12.5. The number of amides is 4. The Kier molecular flexibility index (Phi) is 3.84. The van der Waals surface area contributed by atoms with Gasteiger partial charge in [0.25, 0.3) is 11.8 Å². The van der Waals surface area contributed by atoms with Crippen molar-refractivity contribution in [3.63, 3.8) is 0 Å². The normalized spacial score (nSPS) is 17.0. The lowest BCUT2D eigenvalue weighted by Gasteiger charge is -2.26. The number of thiophene rings is 1. The van der Waals surface area contributed by atoms with E-state index in [1.54, 1.807) is 6.07 Å². The first-order valence-corrected chi connectivity index (χ1v) is 7.49. The van der Waals surface area contributed by atoms with Crippen LogP contribution in [0.15, 0.2) is 53.4 Å². The van der Waals surface area contributed by atoms with Crippen LogP contribution in [0.25, 0.3) is 6.08 Å². The monoisotopic (exact) mass is 312 g/mol. The Hall–Kier alpha value is -2.73. The highest BCUT2D eigenvalue weighted by Gasteiger charge is 2.35. The van der Waals surface area contributed by atoms with Crippen molar-refractivity contribution in [2.24, 2.45) is 0 Å². The van der Waals surface area contributed by atoms with Crippen molar-refractivity contribution in [1.29, 1.82) is 0 Å². The third kappa shape index (κ3) is 2.82. The van der Waals surface area contributed by atoms with Crippen LogP contribution in [0.3, 0.4) is 0 Å². The molecular formula is C16H12N2O3S. The lowest BCUT2D eigenvalue weighted by Crippen LogP contribution is -2.53. The van der Waals surface area contributed by atoms with Crippen molar-refractivity contribution in [3.8, 4) is 0 Å². The Morgan fingerprint density at radius 3 is 2.50 bits per heavy atom. The van der Waals surface area contributed by atoms with Crippen LogP contribution >= 0.6 is 11.3 Å². The van der Waals surface area contributed by atoms with Gasteiger partial charge in [-0.2, -0.15) is 0 Å². The summed E-state index contributed by atoms with van der Waals surface area (Å²) < 4.78 is 0. The number of imide groups is 2. The fourth-order valence-corrected chi connectivity index (χ4v) is 2.78. The van der Waals surface area contributed by atoms with Gasteiger partial charge in [0.2, 0.25) is 0 Å². The molecule has 5 nitrogen and oxygen atoms in total. The largest absolute Gasteiger partial charge is 0.331 e. The second-order valence-electron chi connectivity index (χ2n) is 4.71. The maximum absolute atomic E-state index is 12.5. The first-order chi connectivity index (χ1) is 10.6. The van der Waals surface area contributed by atoms with Crippen molar-refractivity contribution >= 4 is 35.3 Å². The molecule has 6 heteroatoms. The standard InChI is InChI=1S/C16H12N2O3S/c19-14-13(9-12-7-4-8-22-12)15(20)18(16(21)17-14)10-11-5-2-1-3-6-11/h1-9H,10H2,(H,17,19,21)/b13-9-. The maximum Gasteiger partial charge on any atom is 0.331 e. The number of barbiturate groups is 1. The summed E-state index contributed by atoms with van der Waals surface area (Å²) in [7, 11) is 0. The second-order valence-corrected chi connectivity index (χ2v) is 5.69. The minimum absolute atomic E-state index is 0.0296. The summed E-state index contributed by atoms with van der Waals surface area (Å²) in [5.41, 5.74) is 0.786. The molecule has 3 rings (SSSR count). The molecule has 2 heterocycles. The SMILES string of the molecule is O=C1NC(=O)N(Cc2ccccc2)C(=O)/C1=C\c1cccs1. The number of hydrogen-bond donors (Lipinski definition) is 1. The number of rotatable bonds is 3. The van der Waals surface area contributed by atoms with Crippen LogP contribution in [0.1, 0.15) is 10.4 Å². The van der Waals surface area contributed by atoms with Crippen LogP contribution in [-0.4, -0.2) is 22.7 Å². The van der Waals surface area contributed by atoms with E-state index in [9.17, 15) is 14.4 Å². The van der Waals surface area contributed by atoms with Crippen molar-refractivity contribution in [2.45, 2.75) is 6.54 Å². The molecule has 0 bridgehead atoms. The van der Waals surface area contributed by atoms with Gasteiger partial charge >= 0.3 is 6.03 Å². The highest BCUT2D eigenvalue weighted by Crippen LogP contribution is 2.19. The van der Waals surface area contributed by atoms with Gasteiger partial charge in [-0.1, -0.05) is 36.4 Å². The van der Waals surface area contributed by atoms with Crippen LogP contribution in [0.4, 0.5) is 4.79 Å². The number of nitrogens with zero attached hydrogens (tertiary/aromatic N) is 1. The number of carbonyl (C=O) groups is 3. The van der Waals surface area contributed by atoms with Gasteiger partial charge < -0.3 is 0 Å². The zero-order valence-corrected chi connectivity index (χ0v) is 12.3. The zero-order chi connectivity index (χ0) is 15.5. The van der Waals surface area contributed by atoms with Gasteiger partial charge in [0.15, 0.2) is 0 Å². The van der Waals surface area contributed by atoms with Crippen LogP contribution in [0.2, 0.25) is 0 Å². The van der Waals surface area contributed by atoms with Crippen LogP contribution in [0, 0.1) is 0 Å². The molecule has 110 valence electrons. The van der Waals surface area contributed by atoms with Gasteiger partial charge in [-0.05, 0) is 23.1 Å². The van der Waals surface area contributed by atoms with Crippen LogP contribution in [-0.2, 0) is 16.1 Å². The molecule has 4 amide bonds. The molecule has 1 aromatic heterocycles. The van der Waals surface area contributed by atoms with E-state index >= 15 is 0 Å². The average molecular weight is 312 g/mol. The van der Waals surface area contributed by atoms with Crippen LogP contribution < -0.4 is 5.32 Å². The lowest BCUT2D eigenvalue weighted by atomic mass is 10.1. The Morgan fingerprint density at radius 1 is 1.05 bits per heavy atom. The Bertz CT molecular complexity index is 751. The Morgan fingerprint density at radius 2 is 1.82 bits per heavy atom. The Labute approximate surface area is 130 Å². The zero-order valence-electron chi connectivity index (χ0n) is 11.5. The van der Waals surface area contributed by atoms with Gasteiger partial charge in [0.1, 0.15) is 5.57 Å². The summed E-state index contributed by atoms with van der Waals surface area (Å²) in [5, 5.41) is 4.06. The molecule has 0 radical (unpaired) electrons. The summed E-state index contributed by atoms with van der Waals surface area (Å²) in [6.45, 7) is 0.126. The van der Waals surface area contributed by atoms with E-state index in [1.165, 1.54) is 17.4 Å².